The van der Waals surface area contributed by atoms with E-state index in [2.05, 4.69) is 9.88 Å². The lowest BCUT2D eigenvalue weighted by Gasteiger charge is -2.51. The molecule has 0 saturated carbocycles. The van der Waals surface area contributed by atoms with Crippen LogP contribution in [0.2, 0.25) is 0 Å². The smallest absolute Gasteiger partial charge is 0.311 e. The maximum absolute atomic E-state index is 13.2. The third-order valence-electron chi connectivity index (χ3n) is 6.19. The van der Waals surface area contributed by atoms with Crippen molar-refractivity contribution < 1.29 is 14.7 Å². The number of hydrogen-bond acceptors (Lipinski definition) is 6. The van der Waals surface area contributed by atoms with Crippen molar-refractivity contribution in [2.24, 2.45) is 5.41 Å². The summed E-state index contributed by atoms with van der Waals surface area (Å²) >= 11 is 1.38. The Morgan fingerprint density at radius 1 is 1.33 bits per heavy atom. The third-order valence-corrected chi connectivity index (χ3v) is 7.02. The molecule has 2 saturated heterocycles. The molecule has 4 rings (SSSR count). The number of likely N-dealkylation sites (N-methyl/N-ethyl adjacent to an activating group) is 1. The molecule has 2 aliphatic rings. The van der Waals surface area contributed by atoms with E-state index >= 15 is 0 Å². The second-order valence-corrected chi connectivity index (χ2v) is 8.82. The standard InChI is InChI=1S/C19H24N4O3S/c1-11-8-12(9-13-15(11)21-18(20)27-13)16(24)23-7-5-19(17(25)26)4-3-6-22(2)14(19)10-23/h8-9,14H,3-7,10H2,1-2H3,(H2,20,21)(H,25,26)/t14-,19+/m1/s1. The molecule has 0 aliphatic carbocycles. The summed E-state index contributed by atoms with van der Waals surface area (Å²) in [6, 6.07) is 3.56. The monoisotopic (exact) mass is 388 g/mol. The Labute approximate surface area is 161 Å². The van der Waals surface area contributed by atoms with Crippen LogP contribution in [0.15, 0.2) is 12.1 Å². The van der Waals surface area contributed by atoms with Crippen LogP contribution in [0.25, 0.3) is 10.2 Å². The molecule has 1 aromatic carbocycles. The van der Waals surface area contributed by atoms with Gasteiger partial charge < -0.3 is 20.6 Å². The first-order valence-electron chi connectivity index (χ1n) is 9.21. The Balaban J connectivity index is 1.63. The molecule has 1 aromatic heterocycles. The Kier molecular flexibility index (Phi) is 4.35. The molecule has 144 valence electrons. The molecule has 2 atom stereocenters. The van der Waals surface area contributed by atoms with E-state index in [1.807, 2.05) is 26.1 Å². The highest BCUT2D eigenvalue weighted by Crippen LogP contribution is 2.42. The highest BCUT2D eigenvalue weighted by atomic mass is 32.1. The zero-order valence-electron chi connectivity index (χ0n) is 15.6. The number of thiazole rings is 1. The van der Waals surface area contributed by atoms with Crippen molar-refractivity contribution in [3.63, 3.8) is 0 Å². The fraction of sp³-hybridized carbons (Fsp3) is 0.526. The number of piperidine rings is 2. The van der Waals surface area contributed by atoms with Crippen LogP contribution in [0.5, 0.6) is 0 Å². The van der Waals surface area contributed by atoms with Crippen molar-refractivity contribution in [1.29, 1.82) is 0 Å². The fourth-order valence-corrected chi connectivity index (χ4v) is 5.54. The summed E-state index contributed by atoms with van der Waals surface area (Å²) in [7, 11) is 1.96. The van der Waals surface area contributed by atoms with Gasteiger partial charge in [0.15, 0.2) is 5.13 Å². The summed E-state index contributed by atoms with van der Waals surface area (Å²) in [5.41, 5.74) is 7.45. The Hall–Kier alpha value is -2.19. The number of aromatic nitrogens is 1. The van der Waals surface area contributed by atoms with Crippen LogP contribution in [0, 0.1) is 12.3 Å². The van der Waals surface area contributed by atoms with E-state index in [-0.39, 0.29) is 11.9 Å². The van der Waals surface area contributed by atoms with E-state index in [1.54, 1.807) is 4.90 Å². The lowest BCUT2D eigenvalue weighted by molar-refractivity contribution is -0.161. The van der Waals surface area contributed by atoms with Gasteiger partial charge in [0.25, 0.3) is 5.91 Å². The number of rotatable bonds is 2. The number of hydrogen-bond donors (Lipinski definition) is 2. The van der Waals surface area contributed by atoms with Gasteiger partial charge in [-0.1, -0.05) is 11.3 Å². The minimum Gasteiger partial charge on any atom is -0.481 e. The molecule has 0 radical (unpaired) electrons. The molecule has 0 bridgehead atoms. The number of fused-ring (bicyclic) bond motifs is 2. The molecule has 27 heavy (non-hydrogen) atoms. The average molecular weight is 388 g/mol. The number of nitrogen functional groups attached to an aromatic ring is 1. The molecule has 1 amide bonds. The summed E-state index contributed by atoms with van der Waals surface area (Å²) in [6.07, 6.45) is 2.07. The van der Waals surface area contributed by atoms with E-state index in [1.165, 1.54) is 11.3 Å². The number of carboxylic acid groups (broad SMARTS) is 1. The van der Waals surface area contributed by atoms with Gasteiger partial charge in [0.05, 0.1) is 15.6 Å². The number of benzene rings is 1. The summed E-state index contributed by atoms with van der Waals surface area (Å²) in [5, 5.41) is 10.4. The lowest BCUT2D eigenvalue weighted by atomic mass is 9.68. The number of aliphatic carboxylic acids is 1. The Morgan fingerprint density at radius 2 is 2.11 bits per heavy atom. The predicted molar refractivity (Wildman–Crippen MR) is 105 cm³/mol. The van der Waals surface area contributed by atoms with Crippen LogP contribution < -0.4 is 5.73 Å². The van der Waals surface area contributed by atoms with Gasteiger partial charge in [-0.25, -0.2) is 4.98 Å². The number of nitrogens with two attached hydrogens (primary N) is 1. The van der Waals surface area contributed by atoms with Gasteiger partial charge >= 0.3 is 5.97 Å². The minimum absolute atomic E-state index is 0.0510. The summed E-state index contributed by atoms with van der Waals surface area (Å²) in [4.78, 5) is 33.4. The molecular weight excluding hydrogens is 364 g/mol. The van der Waals surface area contributed by atoms with Gasteiger partial charge in [0.1, 0.15) is 0 Å². The molecule has 2 aromatic rings. The van der Waals surface area contributed by atoms with E-state index in [0.717, 1.165) is 28.7 Å². The molecule has 0 unspecified atom stereocenters. The van der Waals surface area contributed by atoms with E-state index in [4.69, 9.17) is 5.73 Å². The van der Waals surface area contributed by atoms with Crippen LogP contribution >= 0.6 is 11.3 Å². The topological polar surface area (TPSA) is 99.8 Å². The van der Waals surface area contributed by atoms with Crippen molar-refractivity contribution in [2.75, 3.05) is 32.4 Å². The van der Waals surface area contributed by atoms with Crippen LogP contribution in [0.4, 0.5) is 5.13 Å². The third kappa shape index (κ3) is 2.87. The van der Waals surface area contributed by atoms with Crippen molar-refractivity contribution in [2.45, 2.75) is 32.2 Å². The molecule has 0 spiro atoms. The number of carbonyl (C=O) groups excluding carboxylic acids is 1. The summed E-state index contributed by atoms with van der Waals surface area (Å²) < 4.78 is 0.905. The maximum Gasteiger partial charge on any atom is 0.311 e. The average Bonchev–Trinajstić information content (AvgIpc) is 3.02. The number of carboxylic acids is 1. The largest absolute Gasteiger partial charge is 0.481 e. The van der Waals surface area contributed by atoms with Gasteiger partial charge in [-0.15, -0.1) is 0 Å². The van der Waals surface area contributed by atoms with Crippen molar-refractivity contribution in [1.82, 2.24) is 14.8 Å². The molecular formula is C19H24N4O3S. The van der Waals surface area contributed by atoms with E-state index in [0.29, 0.717) is 36.6 Å². The second kappa shape index (κ2) is 6.45. The fourth-order valence-electron chi connectivity index (χ4n) is 4.69. The SMILES string of the molecule is Cc1cc(C(=O)N2CC[C@@]3(C(=O)O)CCCN(C)[C@@H]3C2)cc2sc(N)nc12. The van der Waals surface area contributed by atoms with Crippen LogP contribution in [-0.4, -0.2) is 64.5 Å². The zero-order chi connectivity index (χ0) is 19.3. The van der Waals surface area contributed by atoms with Crippen LogP contribution in [0.1, 0.15) is 35.2 Å². The Bertz CT molecular complexity index is 927. The summed E-state index contributed by atoms with van der Waals surface area (Å²) in [6.45, 7) is 3.71. The van der Waals surface area contributed by atoms with Gasteiger partial charge in [0, 0.05) is 24.7 Å². The number of amides is 1. The van der Waals surface area contributed by atoms with Gasteiger partial charge in [-0.2, -0.15) is 0 Å². The number of aryl methyl sites for hydroxylation is 1. The molecule has 7 nitrogen and oxygen atoms in total. The quantitative estimate of drug-likeness (QED) is 0.818. The van der Waals surface area contributed by atoms with Gasteiger partial charge in [-0.05, 0) is 57.5 Å². The zero-order valence-corrected chi connectivity index (χ0v) is 16.4. The Morgan fingerprint density at radius 3 is 2.85 bits per heavy atom. The lowest BCUT2D eigenvalue weighted by Crippen LogP contribution is -2.63. The number of anilines is 1. The predicted octanol–water partition coefficient (Wildman–Crippen LogP) is 2.20. The number of nitrogens with zero attached hydrogens (tertiary/aromatic N) is 3. The first kappa shape index (κ1) is 18.2. The van der Waals surface area contributed by atoms with Crippen molar-refractivity contribution in [3.8, 4) is 0 Å². The molecule has 3 N–H and O–H groups in total. The maximum atomic E-state index is 13.2. The molecule has 2 aliphatic heterocycles. The van der Waals surface area contributed by atoms with E-state index in [9.17, 15) is 14.7 Å². The molecule has 3 heterocycles. The minimum atomic E-state index is -0.740. The van der Waals surface area contributed by atoms with Crippen LogP contribution in [-0.2, 0) is 4.79 Å². The second-order valence-electron chi connectivity index (χ2n) is 7.75. The van der Waals surface area contributed by atoms with Gasteiger partial charge in [0.2, 0.25) is 0 Å². The first-order chi connectivity index (χ1) is 12.8. The number of likely N-dealkylation sites (tertiary alicyclic amines) is 2. The summed E-state index contributed by atoms with van der Waals surface area (Å²) in [5.74, 6) is -0.784. The van der Waals surface area contributed by atoms with Crippen molar-refractivity contribution >= 4 is 38.6 Å². The first-order valence-corrected chi connectivity index (χ1v) is 10.0. The molecule has 8 heteroatoms. The normalized spacial score (nSPS) is 26.1. The van der Waals surface area contributed by atoms with E-state index < -0.39 is 11.4 Å². The van der Waals surface area contributed by atoms with Gasteiger partial charge in [-0.3, -0.25) is 9.59 Å². The number of carbonyl (C=O) groups is 2. The molecule has 2 fully saturated rings. The highest BCUT2D eigenvalue weighted by Gasteiger charge is 2.52. The van der Waals surface area contributed by atoms with Crippen LogP contribution in [0.3, 0.4) is 0 Å². The highest BCUT2D eigenvalue weighted by molar-refractivity contribution is 7.22. The van der Waals surface area contributed by atoms with Crippen molar-refractivity contribution in [3.05, 3.63) is 23.3 Å².